The van der Waals surface area contributed by atoms with Crippen molar-refractivity contribution in [3.05, 3.63) is 29.3 Å². The van der Waals surface area contributed by atoms with Crippen LogP contribution >= 0.6 is 0 Å². The second kappa shape index (κ2) is 5.28. The second-order valence-electron chi connectivity index (χ2n) is 4.49. The minimum Gasteiger partial charge on any atom is -0.496 e. The van der Waals surface area contributed by atoms with Gasteiger partial charge in [0.05, 0.1) is 12.9 Å². The van der Waals surface area contributed by atoms with Crippen LogP contribution in [0.3, 0.4) is 0 Å². The van der Waals surface area contributed by atoms with E-state index < -0.39 is 15.1 Å². The van der Waals surface area contributed by atoms with Gasteiger partial charge in [-0.25, -0.2) is 8.42 Å². The van der Waals surface area contributed by atoms with Crippen molar-refractivity contribution in [3.8, 4) is 5.75 Å². The van der Waals surface area contributed by atoms with Crippen LogP contribution in [0.1, 0.15) is 23.3 Å². The molecule has 1 aliphatic heterocycles. The molecule has 0 radical (unpaired) electrons. The third-order valence-electron chi connectivity index (χ3n) is 3.38. The number of rotatable bonds is 3. The van der Waals surface area contributed by atoms with Gasteiger partial charge in [0.1, 0.15) is 11.0 Å². The van der Waals surface area contributed by atoms with E-state index in [-0.39, 0.29) is 5.75 Å². The Morgan fingerprint density at radius 1 is 1.44 bits per heavy atom. The largest absolute Gasteiger partial charge is 0.496 e. The Bertz CT molecular complexity index is 525. The van der Waals surface area contributed by atoms with Gasteiger partial charge in [-0.05, 0) is 18.1 Å². The summed E-state index contributed by atoms with van der Waals surface area (Å²) in [5.74, 6) is 0.849. The van der Waals surface area contributed by atoms with Gasteiger partial charge in [-0.15, -0.1) is 0 Å². The van der Waals surface area contributed by atoms with Gasteiger partial charge in [-0.2, -0.15) is 0 Å². The summed E-state index contributed by atoms with van der Waals surface area (Å²) in [6.07, 6.45) is 0.886. The smallest absolute Gasteiger partial charge is 0.159 e. The van der Waals surface area contributed by atoms with Crippen LogP contribution in [0.5, 0.6) is 5.75 Å². The molecule has 0 bridgehead atoms. The maximum Gasteiger partial charge on any atom is 0.159 e. The molecule has 1 unspecified atom stereocenters. The summed E-state index contributed by atoms with van der Waals surface area (Å²) in [4.78, 5) is 0. The molecule has 1 fully saturated rings. The fourth-order valence-corrected chi connectivity index (χ4v) is 3.93. The number of nitrogens with one attached hydrogen (secondary N) is 1. The fourth-order valence-electron chi connectivity index (χ4n) is 2.28. The molecule has 1 aromatic carbocycles. The van der Waals surface area contributed by atoms with Crippen LogP contribution in [0.4, 0.5) is 0 Å². The third-order valence-corrected chi connectivity index (χ3v) is 5.44. The molecule has 0 aromatic heterocycles. The summed E-state index contributed by atoms with van der Waals surface area (Å²) >= 11 is 0. The summed E-state index contributed by atoms with van der Waals surface area (Å²) in [6.45, 7) is 3.06. The van der Waals surface area contributed by atoms with E-state index in [1.807, 2.05) is 18.2 Å². The van der Waals surface area contributed by atoms with Gasteiger partial charge in [0.15, 0.2) is 9.84 Å². The van der Waals surface area contributed by atoms with E-state index in [1.54, 1.807) is 7.11 Å². The summed E-state index contributed by atoms with van der Waals surface area (Å²) in [6, 6.07) is 5.79. The van der Waals surface area contributed by atoms with Crippen LogP contribution < -0.4 is 10.1 Å². The molecular weight excluding hydrogens is 250 g/mol. The van der Waals surface area contributed by atoms with E-state index in [0.29, 0.717) is 18.8 Å². The van der Waals surface area contributed by atoms with Gasteiger partial charge in [0, 0.05) is 18.7 Å². The molecule has 1 aliphatic rings. The molecule has 100 valence electrons. The minimum atomic E-state index is -3.08. The second-order valence-corrected chi connectivity index (χ2v) is 6.79. The third kappa shape index (κ3) is 2.52. The molecule has 18 heavy (non-hydrogen) atoms. The molecule has 0 aliphatic carbocycles. The number of aryl methyl sites for hydroxylation is 1. The fraction of sp³-hybridized carbons (Fsp3) is 0.538. The van der Waals surface area contributed by atoms with E-state index in [0.717, 1.165) is 17.5 Å². The van der Waals surface area contributed by atoms with Gasteiger partial charge in [-0.3, -0.25) is 0 Å². The van der Waals surface area contributed by atoms with E-state index in [1.165, 1.54) is 0 Å². The first kappa shape index (κ1) is 13.4. The van der Waals surface area contributed by atoms with Crippen molar-refractivity contribution in [3.63, 3.8) is 0 Å². The summed E-state index contributed by atoms with van der Waals surface area (Å²) in [5, 5.41) is 2.65. The zero-order valence-corrected chi connectivity index (χ0v) is 11.6. The predicted octanol–water partition coefficient (Wildman–Crippen LogP) is 1.32. The van der Waals surface area contributed by atoms with Crippen LogP contribution in [0.25, 0.3) is 0 Å². The Morgan fingerprint density at radius 2 is 2.22 bits per heavy atom. The lowest BCUT2D eigenvalue weighted by Gasteiger charge is -2.25. The molecular formula is C13H19NO3S. The number of hydrogen-bond donors (Lipinski definition) is 1. The molecule has 4 nitrogen and oxygen atoms in total. The highest BCUT2D eigenvalue weighted by atomic mass is 32.2. The van der Waals surface area contributed by atoms with Gasteiger partial charge in [-0.1, -0.05) is 19.1 Å². The van der Waals surface area contributed by atoms with Crippen molar-refractivity contribution in [2.75, 3.05) is 26.0 Å². The van der Waals surface area contributed by atoms with Crippen molar-refractivity contribution < 1.29 is 13.2 Å². The molecule has 0 spiro atoms. The first-order valence-electron chi connectivity index (χ1n) is 6.17. The van der Waals surface area contributed by atoms with Crippen LogP contribution in [0.2, 0.25) is 0 Å². The minimum absolute atomic E-state index is 0.192. The Kier molecular flexibility index (Phi) is 3.92. The maximum atomic E-state index is 12.2. The monoisotopic (exact) mass is 269 g/mol. The van der Waals surface area contributed by atoms with Crippen molar-refractivity contribution >= 4 is 9.84 Å². The highest BCUT2D eigenvalue weighted by molar-refractivity contribution is 7.91. The van der Waals surface area contributed by atoms with Gasteiger partial charge in [0.25, 0.3) is 0 Å². The average Bonchev–Trinajstić information content (AvgIpc) is 2.37. The van der Waals surface area contributed by atoms with Gasteiger partial charge >= 0.3 is 0 Å². The van der Waals surface area contributed by atoms with Crippen LogP contribution in [0.15, 0.2) is 18.2 Å². The van der Waals surface area contributed by atoms with Gasteiger partial charge < -0.3 is 10.1 Å². The molecule has 5 heteroatoms. The zero-order valence-electron chi connectivity index (χ0n) is 10.8. The first-order chi connectivity index (χ1) is 8.58. The van der Waals surface area contributed by atoms with Crippen LogP contribution in [0, 0.1) is 0 Å². The van der Waals surface area contributed by atoms with E-state index in [2.05, 4.69) is 12.2 Å². The highest BCUT2D eigenvalue weighted by Gasteiger charge is 2.32. The molecule has 1 saturated heterocycles. The Balaban J connectivity index is 2.47. The normalized spacial score (nSPS) is 22.7. The van der Waals surface area contributed by atoms with Crippen molar-refractivity contribution in [1.29, 1.82) is 0 Å². The lowest BCUT2D eigenvalue weighted by atomic mass is 10.0. The summed E-state index contributed by atoms with van der Waals surface area (Å²) in [7, 11) is -1.50. The van der Waals surface area contributed by atoms with Crippen LogP contribution in [-0.2, 0) is 16.3 Å². The first-order valence-corrected chi connectivity index (χ1v) is 7.89. The average molecular weight is 269 g/mol. The predicted molar refractivity (Wildman–Crippen MR) is 71.8 cm³/mol. The molecule has 2 rings (SSSR count). The Labute approximate surface area is 108 Å². The molecule has 1 N–H and O–H groups in total. The zero-order chi connectivity index (χ0) is 13.2. The molecule has 1 atom stereocenters. The van der Waals surface area contributed by atoms with E-state index in [4.69, 9.17) is 4.74 Å². The topological polar surface area (TPSA) is 55.4 Å². The summed E-state index contributed by atoms with van der Waals surface area (Å²) in [5.41, 5.74) is 1.91. The maximum absolute atomic E-state index is 12.2. The van der Waals surface area contributed by atoms with Crippen molar-refractivity contribution in [2.45, 2.75) is 18.6 Å². The lowest BCUT2D eigenvalue weighted by molar-refractivity contribution is 0.407. The number of benzene rings is 1. The SMILES string of the molecule is CCc1ccc(OC)c(C2CNCCS2(=O)=O)c1. The number of ether oxygens (including phenoxy) is 1. The number of methoxy groups -OCH3 is 1. The summed E-state index contributed by atoms with van der Waals surface area (Å²) < 4.78 is 29.6. The molecule has 1 heterocycles. The lowest BCUT2D eigenvalue weighted by Crippen LogP contribution is -2.38. The van der Waals surface area contributed by atoms with E-state index in [9.17, 15) is 8.42 Å². The standard InChI is InChI=1S/C13H19NO3S/c1-3-10-4-5-12(17-2)11(8-10)13-9-14-6-7-18(13,15)16/h4-5,8,13-14H,3,6-7,9H2,1-2H3. The number of hydrogen-bond acceptors (Lipinski definition) is 4. The highest BCUT2D eigenvalue weighted by Crippen LogP contribution is 2.33. The van der Waals surface area contributed by atoms with Gasteiger partial charge in [0.2, 0.25) is 0 Å². The molecule has 1 aromatic rings. The molecule has 0 saturated carbocycles. The van der Waals surface area contributed by atoms with Crippen molar-refractivity contribution in [2.24, 2.45) is 0 Å². The Morgan fingerprint density at radius 3 is 2.83 bits per heavy atom. The molecule has 0 amide bonds. The van der Waals surface area contributed by atoms with E-state index >= 15 is 0 Å². The van der Waals surface area contributed by atoms with Crippen LogP contribution in [-0.4, -0.2) is 34.4 Å². The van der Waals surface area contributed by atoms with Crippen molar-refractivity contribution in [1.82, 2.24) is 5.32 Å². The number of sulfone groups is 1. The Hall–Kier alpha value is -1.07. The quantitative estimate of drug-likeness (QED) is 0.899.